The van der Waals surface area contributed by atoms with Crippen molar-refractivity contribution in [2.45, 2.75) is 32.6 Å². The molecule has 3 nitrogen and oxygen atoms in total. The third kappa shape index (κ3) is 5.74. The Balaban J connectivity index is 2.46. The zero-order valence-electron chi connectivity index (χ0n) is 11.8. The molecule has 1 N–H and O–H groups in total. The highest BCUT2D eigenvalue weighted by atomic mass is 79.9. The average molecular weight is 328 g/mol. The summed E-state index contributed by atoms with van der Waals surface area (Å²) in [5.74, 6) is 0.0404. The van der Waals surface area contributed by atoms with E-state index in [1.54, 1.807) is 0 Å². The summed E-state index contributed by atoms with van der Waals surface area (Å²) < 4.78 is 6.23. The van der Waals surface area contributed by atoms with Gasteiger partial charge in [0.25, 0.3) is 0 Å². The lowest BCUT2D eigenvalue weighted by Gasteiger charge is -2.25. The predicted molar refractivity (Wildman–Crippen MR) is 81.3 cm³/mol. The monoisotopic (exact) mass is 327 g/mol. The van der Waals surface area contributed by atoms with E-state index in [0.717, 1.165) is 4.47 Å². The van der Waals surface area contributed by atoms with E-state index < -0.39 is 0 Å². The molecule has 1 aromatic rings. The molecule has 1 aromatic carbocycles. The van der Waals surface area contributed by atoms with E-state index in [1.807, 2.05) is 19.1 Å². The maximum absolute atomic E-state index is 11.7. The van der Waals surface area contributed by atoms with Crippen molar-refractivity contribution in [3.8, 4) is 0 Å². The molecule has 0 saturated carbocycles. The number of carbonyl (C=O) groups is 1. The lowest BCUT2D eigenvalue weighted by molar-refractivity contribution is -0.122. The normalized spacial score (nSPS) is 11.4. The van der Waals surface area contributed by atoms with E-state index >= 15 is 0 Å². The van der Waals surface area contributed by atoms with Crippen LogP contribution in [-0.4, -0.2) is 25.7 Å². The maximum Gasteiger partial charge on any atom is 0.222 e. The highest BCUT2D eigenvalue weighted by molar-refractivity contribution is 9.10. The molecule has 0 radical (unpaired) electrons. The minimum absolute atomic E-state index is 0.0404. The lowest BCUT2D eigenvalue weighted by Crippen LogP contribution is -2.37. The summed E-state index contributed by atoms with van der Waals surface area (Å²) in [7, 11) is 0. The van der Waals surface area contributed by atoms with Crippen molar-refractivity contribution in [1.29, 1.82) is 0 Å². The van der Waals surface area contributed by atoms with Crippen LogP contribution in [0.4, 0.5) is 0 Å². The Hall–Kier alpha value is -0.870. The van der Waals surface area contributed by atoms with E-state index in [2.05, 4.69) is 47.2 Å². The molecule has 106 valence electrons. The third-order valence-corrected chi connectivity index (χ3v) is 3.56. The zero-order chi connectivity index (χ0) is 14.3. The molecular formula is C15H22BrNO2. The molecule has 0 aromatic heterocycles. The quantitative estimate of drug-likeness (QED) is 0.780. The van der Waals surface area contributed by atoms with Crippen molar-refractivity contribution in [1.82, 2.24) is 5.32 Å². The smallest absolute Gasteiger partial charge is 0.222 e. The first-order chi connectivity index (χ1) is 8.95. The topological polar surface area (TPSA) is 38.3 Å². The minimum Gasteiger partial charge on any atom is -0.381 e. The molecule has 0 aliphatic heterocycles. The second-order valence-electron chi connectivity index (χ2n) is 5.11. The number of amides is 1. The van der Waals surface area contributed by atoms with Crippen LogP contribution in [0.2, 0.25) is 0 Å². The Morgan fingerprint density at radius 2 is 1.95 bits per heavy atom. The number of hydrogen-bond acceptors (Lipinski definition) is 2. The average Bonchev–Trinajstić information content (AvgIpc) is 2.37. The molecule has 4 heteroatoms. The Morgan fingerprint density at radius 3 is 2.53 bits per heavy atom. The van der Waals surface area contributed by atoms with Gasteiger partial charge in [-0.1, -0.05) is 41.9 Å². The summed E-state index contributed by atoms with van der Waals surface area (Å²) in [6, 6.07) is 8.20. The van der Waals surface area contributed by atoms with E-state index in [0.29, 0.717) is 26.2 Å². The van der Waals surface area contributed by atoms with Gasteiger partial charge >= 0.3 is 0 Å². The molecule has 1 rings (SSSR count). The van der Waals surface area contributed by atoms with Crippen LogP contribution in [0.5, 0.6) is 0 Å². The van der Waals surface area contributed by atoms with Crippen molar-refractivity contribution >= 4 is 21.8 Å². The van der Waals surface area contributed by atoms with Gasteiger partial charge in [0.05, 0.1) is 6.61 Å². The van der Waals surface area contributed by atoms with Crippen LogP contribution in [0, 0.1) is 0 Å². The van der Waals surface area contributed by atoms with E-state index in [9.17, 15) is 4.79 Å². The van der Waals surface area contributed by atoms with Crippen LogP contribution < -0.4 is 5.32 Å². The maximum atomic E-state index is 11.7. The summed E-state index contributed by atoms with van der Waals surface area (Å²) in [6.45, 7) is 7.94. The van der Waals surface area contributed by atoms with Gasteiger partial charge in [0.15, 0.2) is 0 Å². The number of benzene rings is 1. The van der Waals surface area contributed by atoms with Gasteiger partial charge in [-0.15, -0.1) is 0 Å². The first kappa shape index (κ1) is 16.2. The van der Waals surface area contributed by atoms with Gasteiger partial charge in [-0.25, -0.2) is 0 Å². The highest BCUT2D eigenvalue weighted by Gasteiger charge is 2.21. The molecule has 19 heavy (non-hydrogen) atoms. The highest BCUT2D eigenvalue weighted by Crippen LogP contribution is 2.23. The molecule has 0 aliphatic carbocycles. The Kier molecular flexibility index (Phi) is 6.52. The fourth-order valence-electron chi connectivity index (χ4n) is 1.72. The first-order valence-corrected chi connectivity index (χ1v) is 7.35. The van der Waals surface area contributed by atoms with Gasteiger partial charge in [0, 0.05) is 29.5 Å². The van der Waals surface area contributed by atoms with Crippen LogP contribution in [0.3, 0.4) is 0 Å². The van der Waals surface area contributed by atoms with Crippen molar-refractivity contribution in [2.24, 2.45) is 0 Å². The van der Waals surface area contributed by atoms with E-state index in [1.165, 1.54) is 5.56 Å². The molecule has 0 spiro atoms. The summed E-state index contributed by atoms with van der Waals surface area (Å²) in [4.78, 5) is 11.7. The Bertz CT molecular complexity index is 401. The second kappa shape index (κ2) is 7.65. The number of nitrogens with one attached hydrogen (secondary N) is 1. The van der Waals surface area contributed by atoms with Gasteiger partial charge in [0.1, 0.15) is 0 Å². The molecule has 0 fully saturated rings. The van der Waals surface area contributed by atoms with Gasteiger partial charge in [0.2, 0.25) is 5.91 Å². The zero-order valence-corrected chi connectivity index (χ0v) is 13.4. The molecule has 0 aliphatic rings. The van der Waals surface area contributed by atoms with Crippen LogP contribution in [0.15, 0.2) is 28.7 Å². The first-order valence-electron chi connectivity index (χ1n) is 6.56. The van der Waals surface area contributed by atoms with Crippen LogP contribution in [0.25, 0.3) is 0 Å². The van der Waals surface area contributed by atoms with Crippen LogP contribution in [-0.2, 0) is 14.9 Å². The molecule has 0 atom stereocenters. The predicted octanol–water partition coefficient (Wildman–Crippen LogP) is 3.27. The van der Waals surface area contributed by atoms with Gasteiger partial charge in [-0.2, -0.15) is 0 Å². The van der Waals surface area contributed by atoms with Crippen LogP contribution >= 0.6 is 15.9 Å². The van der Waals surface area contributed by atoms with Crippen molar-refractivity contribution < 1.29 is 9.53 Å². The third-order valence-electron chi connectivity index (χ3n) is 3.03. The van der Waals surface area contributed by atoms with Crippen LogP contribution in [0.1, 0.15) is 32.8 Å². The van der Waals surface area contributed by atoms with Crippen molar-refractivity contribution in [3.63, 3.8) is 0 Å². The molecule has 0 bridgehead atoms. The Morgan fingerprint density at radius 1 is 1.32 bits per heavy atom. The molecule has 0 heterocycles. The fourth-order valence-corrected chi connectivity index (χ4v) is 1.98. The largest absolute Gasteiger partial charge is 0.381 e. The number of hydrogen-bond donors (Lipinski definition) is 1. The van der Waals surface area contributed by atoms with E-state index in [4.69, 9.17) is 4.74 Å². The lowest BCUT2D eigenvalue weighted by atomic mass is 9.84. The van der Waals surface area contributed by atoms with Gasteiger partial charge < -0.3 is 10.1 Å². The summed E-state index contributed by atoms with van der Waals surface area (Å²) in [5.41, 5.74) is 1.13. The van der Waals surface area contributed by atoms with Gasteiger partial charge in [-0.3, -0.25) is 4.79 Å². The molecule has 0 unspecified atom stereocenters. The van der Waals surface area contributed by atoms with E-state index in [-0.39, 0.29) is 11.3 Å². The number of halogens is 1. The van der Waals surface area contributed by atoms with Crippen molar-refractivity contribution in [2.75, 3.05) is 19.8 Å². The minimum atomic E-state index is -0.0814. The van der Waals surface area contributed by atoms with Crippen molar-refractivity contribution in [3.05, 3.63) is 34.3 Å². The number of ether oxygens (including phenoxy) is 1. The van der Waals surface area contributed by atoms with Gasteiger partial charge in [-0.05, 0) is 24.6 Å². The summed E-state index contributed by atoms with van der Waals surface area (Å²) >= 11 is 3.43. The summed E-state index contributed by atoms with van der Waals surface area (Å²) in [6.07, 6.45) is 0.421. The standard InChI is InChI=1S/C15H22BrNO2/c1-4-19-10-9-14(18)17-11-15(2,3)12-5-7-13(16)8-6-12/h5-8H,4,9-11H2,1-3H3,(H,17,18). The fraction of sp³-hybridized carbons (Fsp3) is 0.533. The molecular weight excluding hydrogens is 306 g/mol. The molecule has 1 amide bonds. The summed E-state index contributed by atoms with van der Waals surface area (Å²) in [5, 5.41) is 2.96. The molecule has 0 saturated heterocycles. The number of carbonyl (C=O) groups excluding carboxylic acids is 1. The number of rotatable bonds is 7. The second-order valence-corrected chi connectivity index (χ2v) is 6.03. The Labute approximate surface area is 123 Å². The SMILES string of the molecule is CCOCCC(=O)NCC(C)(C)c1ccc(Br)cc1.